The van der Waals surface area contributed by atoms with Crippen LogP contribution in [0, 0.1) is 0 Å². The summed E-state index contributed by atoms with van der Waals surface area (Å²) in [5.74, 6) is 0.0201. The number of Topliss-reactive ketones (excluding diaryl/α,β-unsaturated/α-hetero) is 1. The van der Waals surface area contributed by atoms with Gasteiger partial charge in [0.15, 0.2) is 5.78 Å². The molecule has 1 aliphatic rings. The van der Waals surface area contributed by atoms with E-state index in [4.69, 9.17) is 5.73 Å². The molecule has 0 spiro atoms. The van der Waals surface area contributed by atoms with Gasteiger partial charge in [-0.3, -0.25) is 4.79 Å². The molecule has 0 aromatic heterocycles. The minimum absolute atomic E-state index is 0.0201. The van der Waals surface area contributed by atoms with Gasteiger partial charge in [-0.05, 0) is 38.0 Å². The lowest BCUT2D eigenvalue weighted by Crippen LogP contribution is -2.22. The molecule has 1 aromatic carbocycles. The Morgan fingerprint density at radius 3 is 2.59 bits per heavy atom. The number of nitrogens with two attached hydrogens (primary N) is 1. The number of carbonyl (C=O) groups is 1. The van der Waals surface area contributed by atoms with Crippen LogP contribution in [-0.4, -0.2) is 11.8 Å². The average molecular weight is 232 g/mol. The van der Waals surface area contributed by atoms with Crippen molar-refractivity contribution in [1.82, 2.24) is 0 Å². The zero-order valence-electron chi connectivity index (χ0n) is 10.3. The third-order valence-electron chi connectivity index (χ3n) is 3.41. The second-order valence-corrected chi connectivity index (χ2v) is 4.84. The van der Waals surface area contributed by atoms with Crippen molar-refractivity contribution in [1.29, 1.82) is 0 Å². The number of benzene rings is 1. The van der Waals surface area contributed by atoms with Gasteiger partial charge in [-0.25, -0.2) is 0 Å². The first-order valence-electron chi connectivity index (χ1n) is 6.34. The van der Waals surface area contributed by atoms with Gasteiger partial charge in [0.25, 0.3) is 0 Å². The van der Waals surface area contributed by atoms with Crippen LogP contribution in [0.4, 0.5) is 11.4 Å². The summed E-state index contributed by atoms with van der Waals surface area (Å²) in [6, 6.07) is 6.18. The Bertz CT molecular complexity index is 409. The highest BCUT2D eigenvalue weighted by Crippen LogP contribution is 2.24. The lowest BCUT2D eigenvalue weighted by Gasteiger charge is -2.24. The van der Waals surface area contributed by atoms with Gasteiger partial charge >= 0.3 is 0 Å². The van der Waals surface area contributed by atoms with E-state index in [0.29, 0.717) is 17.3 Å². The molecule has 3 heteroatoms. The second kappa shape index (κ2) is 5.21. The summed E-state index contributed by atoms with van der Waals surface area (Å²) in [5, 5.41) is 3.50. The quantitative estimate of drug-likeness (QED) is 0.621. The van der Waals surface area contributed by atoms with Crippen LogP contribution in [0.2, 0.25) is 0 Å². The molecule has 1 aliphatic carbocycles. The van der Waals surface area contributed by atoms with E-state index in [9.17, 15) is 4.79 Å². The van der Waals surface area contributed by atoms with E-state index in [2.05, 4.69) is 5.32 Å². The number of nitrogens with one attached hydrogen (secondary N) is 1. The summed E-state index contributed by atoms with van der Waals surface area (Å²) in [4.78, 5) is 11.3. The fourth-order valence-electron chi connectivity index (χ4n) is 2.46. The molecule has 0 aliphatic heterocycles. The lowest BCUT2D eigenvalue weighted by molar-refractivity contribution is 0.101. The number of rotatable bonds is 3. The van der Waals surface area contributed by atoms with Crippen LogP contribution < -0.4 is 11.1 Å². The topological polar surface area (TPSA) is 55.1 Å². The largest absolute Gasteiger partial charge is 0.398 e. The predicted molar refractivity (Wildman–Crippen MR) is 71.4 cm³/mol. The maximum Gasteiger partial charge on any atom is 0.161 e. The molecular weight excluding hydrogens is 212 g/mol. The van der Waals surface area contributed by atoms with Gasteiger partial charge in [0, 0.05) is 23.0 Å². The zero-order valence-corrected chi connectivity index (χ0v) is 10.3. The van der Waals surface area contributed by atoms with Crippen molar-refractivity contribution in [3.8, 4) is 0 Å². The van der Waals surface area contributed by atoms with Crippen LogP contribution in [0.3, 0.4) is 0 Å². The average Bonchev–Trinajstić information content (AvgIpc) is 2.30. The fraction of sp³-hybridized carbons (Fsp3) is 0.500. The molecule has 0 bridgehead atoms. The number of nitrogen functional groups attached to an aromatic ring is 1. The molecular formula is C14H20N2O. The minimum atomic E-state index is 0.0201. The molecule has 0 unspecified atom stereocenters. The number of carbonyl (C=O) groups excluding carboxylic acids is 1. The van der Waals surface area contributed by atoms with E-state index in [-0.39, 0.29) is 5.78 Å². The third-order valence-corrected chi connectivity index (χ3v) is 3.41. The highest BCUT2D eigenvalue weighted by Gasteiger charge is 2.13. The molecule has 0 saturated heterocycles. The highest BCUT2D eigenvalue weighted by molar-refractivity contribution is 5.99. The lowest BCUT2D eigenvalue weighted by atomic mass is 9.95. The highest BCUT2D eigenvalue weighted by atomic mass is 16.1. The van der Waals surface area contributed by atoms with Gasteiger partial charge in [-0.2, -0.15) is 0 Å². The Balaban J connectivity index is 2.06. The van der Waals surface area contributed by atoms with E-state index in [1.807, 2.05) is 18.2 Å². The molecule has 0 heterocycles. The van der Waals surface area contributed by atoms with Crippen molar-refractivity contribution in [2.24, 2.45) is 0 Å². The van der Waals surface area contributed by atoms with E-state index < -0.39 is 0 Å². The van der Waals surface area contributed by atoms with Gasteiger partial charge in [0.05, 0.1) is 0 Å². The molecule has 1 saturated carbocycles. The van der Waals surface area contributed by atoms with Gasteiger partial charge in [0.1, 0.15) is 0 Å². The van der Waals surface area contributed by atoms with E-state index >= 15 is 0 Å². The molecule has 1 aromatic rings. The fourth-order valence-corrected chi connectivity index (χ4v) is 2.46. The molecule has 0 radical (unpaired) electrons. The standard InChI is InChI=1S/C14H20N2O/c1-10(17)13-8-7-12(9-14(13)15)16-11-5-3-2-4-6-11/h7-9,11,16H,2-6,15H2,1H3. The van der Waals surface area contributed by atoms with Crippen LogP contribution in [-0.2, 0) is 0 Å². The summed E-state index contributed by atoms with van der Waals surface area (Å²) < 4.78 is 0. The maximum absolute atomic E-state index is 11.3. The molecule has 3 nitrogen and oxygen atoms in total. The van der Waals surface area contributed by atoms with Crippen molar-refractivity contribution in [3.63, 3.8) is 0 Å². The molecule has 3 N–H and O–H groups in total. The number of hydrogen-bond acceptors (Lipinski definition) is 3. The van der Waals surface area contributed by atoms with E-state index in [0.717, 1.165) is 5.69 Å². The Hall–Kier alpha value is -1.51. The van der Waals surface area contributed by atoms with Crippen molar-refractivity contribution in [3.05, 3.63) is 23.8 Å². The second-order valence-electron chi connectivity index (χ2n) is 4.84. The van der Waals surface area contributed by atoms with Crippen LogP contribution >= 0.6 is 0 Å². The van der Waals surface area contributed by atoms with Gasteiger partial charge in [0.2, 0.25) is 0 Å². The van der Waals surface area contributed by atoms with Crippen molar-refractivity contribution in [2.75, 3.05) is 11.1 Å². The molecule has 17 heavy (non-hydrogen) atoms. The molecule has 0 amide bonds. The number of hydrogen-bond donors (Lipinski definition) is 2. The van der Waals surface area contributed by atoms with E-state index in [1.165, 1.54) is 32.1 Å². The third kappa shape index (κ3) is 2.99. The van der Waals surface area contributed by atoms with Crippen LogP contribution in [0.5, 0.6) is 0 Å². The number of anilines is 2. The van der Waals surface area contributed by atoms with E-state index in [1.54, 1.807) is 6.92 Å². The number of ketones is 1. The van der Waals surface area contributed by atoms with Gasteiger partial charge < -0.3 is 11.1 Å². The van der Waals surface area contributed by atoms with Crippen molar-refractivity contribution in [2.45, 2.75) is 45.1 Å². The monoisotopic (exact) mass is 232 g/mol. The summed E-state index contributed by atoms with van der Waals surface area (Å²) in [7, 11) is 0. The van der Waals surface area contributed by atoms with Crippen LogP contribution in [0.25, 0.3) is 0 Å². The minimum Gasteiger partial charge on any atom is -0.398 e. The van der Waals surface area contributed by atoms with Crippen molar-refractivity contribution >= 4 is 17.2 Å². The summed E-state index contributed by atoms with van der Waals surface area (Å²) in [6.45, 7) is 1.54. The van der Waals surface area contributed by atoms with Crippen LogP contribution in [0.1, 0.15) is 49.4 Å². The molecule has 0 atom stereocenters. The zero-order chi connectivity index (χ0) is 12.3. The first-order chi connectivity index (χ1) is 8.16. The first-order valence-corrected chi connectivity index (χ1v) is 6.34. The van der Waals surface area contributed by atoms with Gasteiger partial charge in [-0.15, -0.1) is 0 Å². The Morgan fingerprint density at radius 1 is 1.29 bits per heavy atom. The van der Waals surface area contributed by atoms with Crippen LogP contribution in [0.15, 0.2) is 18.2 Å². The molecule has 92 valence electrons. The predicted octanol–water partition coefficient (Wildman–Crippen LogP) is 3.22. The Labute approximate surface area is 102 Å². The summed E-state index contributed by atoms with van der Waals surface area (Å²) in [6.07, 6.45) is 6.42. The molecule has 2 rings (SSSR count). The maximum atomic E-state index is 11.3. The summed E-state index contributed by atoms with van der Waals surface area (Å²) >= 11 is 0. The Kier molecular flexibility index (Phi) is 3.67. The van der Waals surface area contributed by atoms with Gasteiger partial charge in [-0.1, -0.05) is 19.3 Å². The SMILES string of the molecule is CC(=O)c1ccc(NC2CCCCC2)cc1N. The van der Waals surface area contributed by atoms with Crippen molar-refractivity contribution < 1.29 is 4.79 Å². The first kappa shape index (κ1) is 12.0. The summed E-state index contributed by atoms with van der Waals surface area (Å²) in [5.41, 5.74) is 8.07. The smallest absolute Gasteiger partial charge is 0.161 e. The normalized spacial score (nSPS) is 16.8. The molecule has 1 fully saturated rings. The Morgan fingerprint density at radius 2 is 2.00 bits per heavy atom.